The molecule has 0 aliphatic heterocycles. The molecule has 3 nitrogen and oxygen atoms in total. The molecule has 0 amide bonds. The third-order valence-electron chi connectivity index (χ3n) is 2.40. The zero-order valence-corrected chi connectivity index (χ0v) is 9.95. The third-order valence-corrected chi connectivity index (χ3v) is 2.62. The van der Waals surface area contributed by atoms with Crippen molar-refractivity contribution in [2.75, 3.05) is 5.73 Å². The van der Waals surface area contributed by atoms with Crippen LogP contribution in [0.5, 0.6) is 0 Å². The summed E-state index contributed by atoms with van der Waals surface area (Å²) < 4.78 is 5.11. The molecule has 0 radical (unpaired) electrons. The molecule has 0 atom stereocenters. The Bertz CT molecular complexity index is 505. The molecule has 0 spiro atoms. The summed E-state index contributed by atoms with van der Waals surface area (Å²) >= 11 is 6.06. The van der Waals surface area contributed by atoms with Crippen molar-refractivity contribution in [1.82, 2.24) is 5.16 Å². The minimum atomic E-state index is 0.376. The van der Waals surface area contributed by atoms with Crippen LogP contribution in [0.2, 0.25) is 5.02 Å². The molecular weight excluding hydrogens is 224 g/mol. The van der Waals surface area contributed by atoms with Crippen molar-refractivity contribution in [3.8, 4) is 11.3 Å². The van der Waals surface area contributed by atoms with Gasteiger partial charge in [0.2, 0.25) is 0 Å². The Kier molecular flexibility index (Phi) is 2.88. The average Bonchev–Trinajstić information content (AvgIpc) is 2.64. The van der Waals surface area contributed by atoms with Gasteiger partial charge in [-0.15, -0.1) is 0 Å². The van der Waals surface area contributed by atoms with E-state index in [0.717, 1.165) is 11.1 Å². The molecule has 0 aliphatic rings. The lowest BCUT2D eigenvalue weighted by Crippen LogP contribution is -1.88. The first-order valence-corrected chi connectivity index (χ1v) is 5.47. The van der Waals surface area contributed by atoms with Gasteiger partial charge in [0.05, 0.1) is 0 Å². The number of hydrogen-bond acceptors (Lipinski definition) is 3. The van der Waals surface area contributed by atoms with Crippen LogP contribution in [-0.2, 0) is 0 Å². The van der Waals surface area contributed by atoms with Gasteiger partial charge < -0.3 is 10.3 Å². The number of hydrogen-bond donors (Lipinski definition) is 1. The summed E-state index contributed by atoms with van der Waals surface area (Å²) in [7, 11) is 0. The van der Waals surface area contributed by atoms with Crippen LogP contribution in [-0.4, -0.2) is 5.16 Å². The molecule has 0 fully saturated rings. The van der Waals surface area contributed by atoms with E-state index in [2.05, 4.69) is 19.0 Å². The van der Waals surface area contributed by atoms with Crippen molar-refractivity contribution < 1.29 is 4.52 Å². The van der Waals surface area contributed by atoms with Gasteiger partial charge in [0, 0.05) is 16.7 Å². The number of nitrogens with zero attached hydrogens (tertiary/aromatic N) is 1. The summed E-state index contributed by atoms with van der Waals surface area (Å²) in [4.78, 5) is 0. The number of nitrogen functional groups attached to an aromatic ring is 1. The lowest BCUT2D eigenvalue weighted by molar-refractivity contribution is 0.436. The summed E-state index contributed by atoms with van der Waals surface area (Å²) in [5.41, 5.74) is 7.58. The molecular formula is C12H13ClN2O. The van der Waals surface area contributed by atoms with E-state index in [-0.39, 0.29) is 0 Å². The second-order valence-corrected chi connectivity index (χ2v) is 4.48. The summed E-state index contributed by atoms with van der Waals surface area (Å²) in [6.07, 6.45) is 0. The van der Waals surface area contributed by atoms with Gasteiger partial charge >= 0.3 is 0 Å². The van der Waals surface area contributed by atoms with Crippen molar-refractivity contribution in [3.05, 3.63) is 34.9 Å². The molecule has 1 heterocycles. The smallest absolute Gasteiger partial charge is 0.169 e. The number of benzene rings is 1. The molecule has 2 aromatic rings. The Morgan fingerprint density at radius 3 is 2.56 bits per heavy atom. The van der Waals surface area contributed by atoms with Crippen molar-refractivity contribution in [1.29, 1.82) is 0 Å². The molecule has 4 heteroatoms. The lowest BCUT2D eigenvalue weighted by Gasteiger charge is -2.07. The molecule has 0 saturated carbocycles. The maximum Gasteiger partial charge on any atom is 0.169 e. The van der Waals surface area contributed by atoms with Crippen molar-refractivity contribution >= 4 is 17.4 Å². The summed E-state index contributed by atoms with van der Waals surface area (Å²) in [6, 6.07) is 7.52. The third kappa shape index (κ3) is 2.19. The zero-order valence-electron chi connectivity index (χ0n) is 9.20. The quantitative estimate of drug-likeness (QED) is 0.865. The minimum Gasteiger partial charge on any atom is -0.381 e. The fourth-order valence-corrected chi connectivity index (χ4v) is 1.76. The van der Waals surface area contributed by atoms with E-state index in [1.54, 1.807) is 6.07 Å². The van der Waals surface area contributed by atoms with Crippen LogP contribution in [0.1, 0.15) is 25.3 Å². The van der Waals surface area contributed by atoms with Gasteiger partial charge in [-0.05, 0) is 29.7 Å². The molecule has 2 rings (SSSR count). The topological polar surface area (TPSA) is 52.0 Å². The number of rotatable bonds is 2. The van der Waals surface area contributed by atoms with Crippen molar-refractivity contribution in [2.24, 2.45) is 0 Å². The van der Waals surface area contributed by atoms with Crippen LogP contribution < -0.4 is 5.73 Å². The second kappa shape index (κ2) is 4.18. The van der Waals surface area contributed by atoms with Gasteiger partial charge in [0.15, 0.2) is 11.6 Å². The molecule has 0 aliphatic carbocycles. The van der Waals surface area contributed by atoms with Crippen LogP contribution in [0.25, 0.3) is 11.3 Å². The van der Waals surface area contributed by atoms with Crippen LogP contribution >= 0.6 is 11.6 Å². The summed E-state index contributed by atoms with van der Waals surface area (Å²) in [5, 5.41) is 4.35. The number of anilines is 1. The van der Waals surface area contributed by atoms with E-state index >= 15 is 0 Å². The Balaban J connectivity index is 2.49. The molecule has 16 heavy (non-hydrogen) atoms. The van der Waals surface area contributed by atoms with E-state index in [9.17, 15) is 0 Å². The van der Waals surface area contributed by atoms with Crippen molar-refractivity contribution in [3.63, 3.8) is 0 Å². The fourth-order valence-electron chi connectivity index (χ4n) is 1.51. The van der Waals surface area contributed by atoms with E-state index in [1.807, 2.05) is 18.2 Å². The molecule has 0 unspecified atom stereocenters. The Morgan fingerprint density at radius 2 is 2.00 bits per heavy atom. The first kappa shape index (κ1) is 11.0. The summed E-state index contributed by atoms with van der Waals surface area (Å²) in [6.45, 7) is 4.23. The fraction of sp³-hybridized carbons (Fsp3) is 0.250. The maximum absolute atomic E-state index is 6.06. The predicted octanol–water partition coefficient (Wildman–Crippen LogP) is 3.70. The van der Waals surface area contributed by atoms with E-state index in [4.69, 9.17) is 21.9 Å². The van der Waals surface area contributed by atoms with Crippen LogP contribution in [0.4, 0.5) is 5.82 Å². The van der Waals surface area contributed by atoms with E-state index in [0.29, 0.717) is 22.5 Å². The van der Waals surface area contributed by atoms with Gasteiger partial charge in [-0.1, -0.05) is 30.6 Å². The summed E-state index contributed by atoms with van der Waals surface area (Å²) in [5.74, 6) is 1.43. The maximum atomic E-state index is 6.06. The molecule has 2 N–H and O–H groups in total. The predicted molar refractivity (Wildman–Crippen MR) is 65.5 cm³/mol. The normalized spacial score (nSPS) is 11.0. The molecule has 1 aromatic heterocycles. The first-order chi connectivity index (χ1) is 7.56. The molecule has 0 bridgehead atoms. The highest BCUT2D eigenvalue weighted by atomic mass is 35.5. The van der Waals surface area contributed by atoms with Crippen molar-refractivity contribution in [2.45, 2.75) is 19.8 Å². The molecule has 0 saturated heterocycles. The van der Waals surface area contributed by atoms with Crippen LogP contribution in [0, 0.1) is 0 Å². The first-order valence-electron chi connectivity index (χ1n) is 5.09. The Labute approximate surface area is 99.2 Å². The average molecular weight is 237 g/mol. The van der Waals surface area contributed by atoms with Gasteiger partial charge in [-0.3, -0.25) is 0 Å². The molecule has 1 aromatic carbocycles. The second-order valence-electron chi connectivity index (χ2n) is 4.04. The number of halogens is 1. The van der Waals surface area contributed by atoms with Crippen LogP contribution in [0.15, 0.2) is 28.8 Å². The standard InChI is InChI=1S/C12H13ClN2O/c1-7(2)8-3-9(5-10(13)4-8)11-6-12(14)15-16-11/h3-7H,1-2H3,(H2,14,15). The Hall–Kier alpha value is -1.48. The van der Waals surface area contributed by atoms with Gasteiger partial charge in [-0.25, -0.2) is 0 Å². The number of aromatic nitrogens is 1. The van der Waals surface area contributed by atoms with Gasteiger partial charge in [-0.2, -0.15) is 0 Å². The minimum absolute atomic E-state index is 0.376. The van der Waals surface area contributed by atoms with Gasteiger partial charge in [0.25, 0.3) is 0 Å². The highest BCUT2D eigenvalue weighted by Gasteiger charge is 2.09. The zero-order chi connectivity index (χ0) is 11.7. The van der Waals surface area contributed by atoms with E-state index in [1.165, 1.54) is 0 Å². The van der Waals surface area contributed by atoms with Gasteiger partial charge in [0.1, 0.15) is 0 Å². The Morgan fingerprint density at radius 1 is 1.25 bits per heavy atom. The highest BCUT2D eigenvalue weighted by Crippen LogP contribution is 2.28. The lowest BCUT2D eigenvalue weighted by atomic mass is 10.00. The monoisotopic (exact) mass is 236 g/mol. The van der Waals surface area contributed by atoms with Crippen LogP contribution in [0.3, 0.4) is 0 Å². The SMILES string of the molecule is CC(C)c1cc(Cl)cc(-c2cc(N)no2)c1. The largest absolute Gasteiger partial charge is 0.381 e. The highest BCUT2D eigenvalue weighted by molar-refractivity contribution is 6.30. The van der Waals surface area contributed by atoms with E-state index < -0.39 is 0 Å². The molecule has 84 valence electrons. The number of nitrogens with two attached hydrogens (primary N) is 1.